The predicted octanol–water partition coefficient (Wildman–Crippen LogP) is 1.02. The summed E-state index contributed by atoms with van der Waals surface area (Å²) < 4.78 is 5.11. The fraction of sp³-hybridized carbons (Fsp3) is 0.471. The van der Waals surface area contributed by atoms with Crippen molar-refractivity contribution in [1.82, 2.24) is 20.4 Å². The Bertz CT molecular complexity index is 721. The molecule has 3 rings (SSSR count). The van der Waals surface area contributed by atoms with Crippen molar-refractivity contribution < 1.29 is 9.63 Å². The van der Waals surface area contributed by atoms with Crippen LogP contribution in [-0.2, 0) is 6.42 Å². The topological polar surface area (TPSA) is 90.0 Å². The second kappa shape index (κ2) is 7.87. The third-order valence-electron chi connectivity index (χ3n) is 4.21. The minimum Gasteiger partial charge on any atom is -0.506 e. The fourth-order valence-electron chi connectivity index (χ4n) is 2.95. The van der Waals surface area contributed by atoms with E-state index in [0.29, 0.717) is 30.4 Å². The third kappa shape index (κ3) is 4.20. The van der Waals surface area contributed by atoms with Crippen molar-refractivity contribution in [3.05, 3.63) is 36.0 Å². The Morgan fingerprint density at radius 3 is 2.68 bits per heavy atom. The number of aryl methyl sites for hydroxylation is 1. The molecule has 0 unspecified atom stereocenters. The van der Waals surface area contributed by atoms with E-state index in [1.807, 2.05) is 25.1 Å². The van der Waals surface area contributed by atoms with Gasteiger partial charge < -0.3 is 24.7 Å². The second-order valence-corrected chi connectivity index (χ2v) is 5.92. The monoisotopic (exact) mass is 344 g/mol. The zero-order valence-corrected chi connectivity index (χ0v) is 14.6. The molecule has 2 N–H and O–H groups in total. The SMILES string of the molecule is CN=C(NCCc1nc(C)no1)N1CCN(c2ccccc2O)CC1. The van der Waals surface area contributed by atoms with Gasteiger partial charge in [-0.1, -0.05) is 17.3 Å². The number of rotatable bonds is 4. The highest BCUT2D eigenvalue weighted by molar-refractivity contribution is 5.80. The summed E-state index contributed by atoms with van der Waals surface area (Å²) in [5, 5.41) is 17.1. The van der Waals surface area contributed by atoms with Crippen LogP contribution in [0.15, 0.2) is 33.8 Å². The van der Waals surface area contributed by atoms with Crippen molar-refractivity contribution in [1.29, 1.82) is 0 Å². The number of aliphatic imine (C=N–C) groups is 1. The molecule has 1 aliphatic heterocycles. The van der Waals surface area contributed by atoms with Crippen LogP contribution >= 0.6 is 0 Å². The first kappa shape index (κ1) is 17.1. The molecule has 25 heavy (non-hydrogen) atoms. The Kier molecular flexibility index (Phi) is 5.37. The van der Waals surface area contributed by atoms with E-state index >= 15 is 0 Å². The number of nitrogens with zero attached hydrogens (tertiary/aromatic N) is 5. The van der Waals surface area contributed by atoms with Gasteiger partial charge in [0, 0.05) is 46.2 Å². The van der Waals surface area contributed by atoms with Gasteiger partial charge in [0.25, 0.3) is 0 Å². The van der Waals surface area contributed by atoms with E-state index in [9.17, 15) is 5.11 Å². The predicted molar refractivity (Wildman–Crippen MR) is 96.0 cm³/mol. The number of phenols is 1. The van der Waals surface area contributed by atoms with Gasteiger partial charge >= 0.3 is 0 Å². The average molecular weight is 344 g/mol. The first-order valence-corrected chi connectivity index (χ1v) is 8.45. The smallest absolute Gasteiger partial charge is 0.228 e. The molecule has 2 heterocycles. The number of para-hydroxylation sites is 2. The molecule has 0 aliphatic carbocycles. The molecule has 1 aliphatic rings. The van der Waals surface area contributed by atoms with E-state index < -0.39 is 0 Å². The molecule has 0 atom stereocenters. The van der Waals surface area contributed by atoms with E-state index in [1.165, 1.54) is 0 Å². The number of hydrogen-bond donors (Lipinski definition) is 2. The molecular formula is C17H24N6O2. The molecule has 1 fully saturated rings. The Morgan fingerprint density at radius 1 is 1.28 bits per heavy atom. The van der Waals surface area contributed by atoms with Crippen LogP contribution < -0.4 is 10.2 Å². The molecule has 1 saturated heterocycles. The van der Waals surface area contributed by atoms with E-state index in [0.717, 1.165) is 37.8 Å². The summed E-state index contributed by atoms with van der Waals surface area (Å²) in [5.74, 6) is 2.48. The van der Waals surface area contributed by atoms with Crippen molar-refractivity contribution in [2.75, 3.05) is 44.7 Å². The lowest BCUT2D eigenvalue weighted by atomic mass is 10.2. The Balaban J connectivity index is 1.49. The van der Waals surface area contributed by atoms with Crippen molar-refractivity contribution in [3.8, 4) is 5.75 Å². The number of hydrogen-bond acceptors (Lipinski definition) is 6. The summed E-state index contributed by atoms with van der Waals surface area (Å²) in [6, 6.07) is 7.46. The maximum atomic E-state index is 10.00. The molecule has 1 aromatic heterocycles. The minimum absolute atomic E-state index is 0.327. The highest BCUT2D eigenvalue weighted by Crippen LogP contribution is 2.27. The van der Waals surface area contributed by atoms with E-state index in [2.05, 4.69) is 30.2 Å². The maximum absolute atomic E-state index is 10.00. The standard InChI is InChI=1S/C17H24N6O2/c1-13-20-16(25-21-13)7-8-19-17(18-2)23-11-9-22(10-12-23)14-5-3-4-6-15(14)24/h3-6,24H,7-12H2,1-2H3,(H,18,19). The van der Waals surface area contributed by atoms with Crippen molar-refractivity contribution in [2.45, 2.75) is 13.3 Å². The van der Waals surface area contributed by atoms with E-state index in [1.54, 1.807) is 13.1 Å². The van der Waals surface area contributed by atoms with Gasteiger partial charge in [-0.25, -0.2) is 0 Å². The normalized spacial score (nSPS) is 15.5. The fourth-order valence-corrected chi connectivity index (χ4v) is 2.95. The van der Waals surface area contributed by atoms with Crippen LogP contribution in [0.4, 0.5) is 5.69 Å². The number of benzene rings is 1. The summed E-state index contributed by atoms with van der Waals surface area (Å²) in [6.45, 7) is 5.85. The molecule has 8 nitrogen and oxygen atoms in total. The lowest BCUT2D eigenvalue weighted by molar-refractivity contribution is 0.362. The summed E-state index contributed by atoms with van der Waals surface area (Å²) in [4.78, 5) is 13.0. The van der Waals surface area contributed by atoms with Gasteiger partial charge in [0.05, 0.1) is 5.69 Å². The van der Waals surface area contributed by atoms with Crippen molar-refractivity contribution >= 4 is 11.6 Å². The largest absolute Gasteiger partial charge is 0.506 e. The van der Waals surface area contributed by atoms with E-state index in [-0.39, 0.29) is 0 Å². The highest BCUT2D eigenvalue weighted by Gasteiger charge is 2.21. The average Bonchev–Trinajstić information content (AvgIpc) is 3.05. The van der Waals surface area contributed by atoms with Crippen LogP contribution in [0.5, 0.6) is 5.75 Å². The van der Waals surface area contributed by atoms with Gasteiger partial charge in [0.1, 0.15) is 5.75 Å². The van der Waals surface area contributed by atoms with Gasteiger partial charge in [-0.05, 0) is 19.1 Å². The summed E-state index contributed by atoms with van der Waals surface area (Å²) in [6.07, 6.45) is 0.664. The molecule has 8 heteroatoms. The zero-order valence-electron chi connectivity index (χ0n) is 14.6. The van der Waals surface area contributed by atoms with Gasteiger partial charge in [0.2, 0.25) is 5.89 Å². The first-order chi connectivity index (χ1) is 12.2. The zero-order chi connectivity index (χ0) is 17.6. The third-order valence-corrected chi connectivity index (χ3v) is 4.21. The van der Waals surface area contributed by atoms with Gasteiger partial charge in [-0.3, -0.25) is 4.99 Å². The second-order valence-electron chi connectivity index (χ2n) is 5.92. The number of guanidine groups is 1. The number of nitrogens with one attached hydrogen (secondary N) is 1. The molecular weight excluding hydrogens is 320 g/mol. The van der Waals surface area contributed by atoms with Crippen molar-refractivity contribution in [3.63, 3.8) is 0 Å². The van der Waals surface area contributed by atoms with Crippen LogP contribution in [0.25, 0.3) is 0 Å². The Labute approximate surface area is 147 Å². The van der Waals surface area contributed by atoms with Crippen molar-refractivity contribution in [2.24, 2.45) is 4.99 Å². The van der Waals surface area contributed by atoms with Crippen LogP contribution in [0.3, 0.4) is 0 Å². The summed E-state index contributed by atoms with van der Waals surface area (Å²) >= 11 is 0. The number of aromatic hydroxyl groups is 1. The molecule has 1 aromatic carbocycles. The minimum atomic E-state index is 0.327. The molecule has 0 bridgehead atoms. The van der Waals surface area contributed by atoms with Crippen LogP contribution in [0.1, 0.15) is 11.7 Å². The molecule has 134 valence electrons. The first-order valence-electron chi connectivity index (χ1n) is 8.45. The molecule has 0 saturated carbocycles. The highest BCUT2D eigenvalue weighted by atomic mass is 16.5. The van der Waals surface area contributed by atoms with E-state index in [4.69, 9.17) is 4.52 Å². The van der Waals surface area contributed by atoms with Crippen LogP contribution in [0, 0.1) is 6.92 Å². The van der Waals surface area contributed by atoms with Gasteiger partial charge in [0.15, 0.2) is 11.8 Å². The number of piperazine rings is 1. The summed E-state index contributed by atoms with van der Waals surface area (Å²) in [5.41, 5.74) is 0.886. The number of anilines is 1. The number of phenolic OH excluding ortho intramolecular Hbond substituents is 1. The van der Waals surface area contributed by atoms with Gasteiger partial charge in [-0.2, -0.15) is 4.98 Å². The molecule has 0 amide bonds. The molecule has 2 aromatic rings. The van der Waals surface area contributed by atoms with Crippen LogP contribution in [0.2, 0.25) is 0 Å². The lowest BCUT2D eigenvalue weighted by Crippen LogP contribution is -2.52. The molecule has 0 radical (unpaired) electrons. The maximum Gasteiger partial charge on any atom is 0.228 e. The Hall–Kier alpha value is -2.77. The molecule has 0 spiro atoms. The van der Waals surface area contributed by atoms with Gasteiger partial charge in [-0.15, -0.1) is 0 Å². The Morgan fingerprint density at radius 2 is 2.04 bits per heavy atom. The summed E-state index contributed by atoms with van der Waals surface area (Å²) in [7, 11) is 1.79. The number of aromatic nitrogens is 2. The lowest BCUT2D eigenvalue weighted by Gasteiger charge is -2.37. The quantitative estimate of drug-likeness (QED) is 0.632. The van der Waals surface area contributed by atoms with Crippen LogP contribution in [-0.4, -0.2) is 65.9 Å².